The van der Waals surface area contributed by atoms with Crippen molar-refractivity contribution in [3.8, 4) is 0 Å². The second-order valence-electron chi connectivity index (χ2n) is 5.19. The van der Waals surface area contributed by atoms with Crippen LogP contribution < -0.4 is 4.72 Å². The first kappa shape index (κ1) is 17.1. The molecule has 0 aliphatic rings. The maximum absolute atomic E-state index is 12.3. The standard InChI is InChI=1S/C15H26N2O2S/c1-6-17(7-2)14(5)11-16-20(18,19)15-9-8-12(3)10-13(15)4/h8-10,14,16H,6-7,11H2,1-5H3. The Morgan fingerprint density at radius 1 is 1.20 bits per heavy atom. The van der Waals surface area contributed by atoms with Crippen LogP contribution in [0.15, 0.2) is 23.1 Å². The number of hydrogen-bond acceptors (Lipinski definition) is 3. The first-order valence-corrected chi connectivity index (χ1v) is 8.61. The molecule has 0 aliphatic carbocycles. The molecule has 0 saturated carbocycles. The van der Waals surface area contributed by atoms with E-state index in [1.807, 2.05) is 32.9 Å². The van der Waals surface area contributed by atoms with Crippen LogP contribution in [0.4, 0.5) is 0 Å². The van der Waals surface area contributed by atoms with Crippen molar-refractivity contribution in [2.75, 3.05) is 19.6 Å². The Balaban J connectivity index is 2.80. The van der Waals surface area contributed by atoms with Crippen LogP contribution in [-0.2, 0) is 10.0 Å². The van der Waals surface area contributed by atoms with Crippen molar-refractivity contribution in [3.63, 3.8) is 0 Å². The Morgan fingerprint density at radius 2 is 1.80 bits per heavy atom. The van der Waals surface area contributed by atoms with Gasteiger partial charge in [-0.15, -0.1) is 0 Å². The third-order valence-electron chi connectivity index (χ3n) is 3.62. The number of hydrogen-bond donors (Lipinski definition) is 1. The molecule has 0 aromatic heterocycles. The molecule has 0 saturated heterocycles. The molecule has 0 fully saturated rings. The van der Waals surface area contributed by atoms with Crippen LogP contribution in [0, 0.1) is 13.8 Å². The predicted molar refractivity (Wildman–Crippen MR) is 83.5 cm³/mol. The van der Waals surface area contributed by atoms with Crippen LogP contribution in [0.2, 0.25) is 0 Å². The lowest BCUT2D eigenvalue weighted by Crippen LogP contribution is -2.42. The maximum Gasteiger partial charge on any atom is 0.240 e. The van der Waals surface area contributed by atoms with Gasteiger partial charge in [-0.25, -0.2) is 13.1 Å². The summed E-state index contributed by atoms with van der Waals surface area (Å²) in [6.45, 7) is 12.3. The van der Waals surface area contributed by atoms with Crippen molar-refractivity contribution < 1.29 is 8.42 Å². The second-order valence-corrected chi connectivity index (χ2v) is 6.93. The van der Waals surface area contributed by atoms with Gasteiger partial charge in [0.1, 0.15) is 0 Å². The number of rotatable bonds is 7. The van der Waals surface area contributed by atoms with Gasteiger partial charge >= 0.3 is 0 Å². The Labute approximate surface area is 123 Å². The van der Waals surface area contributed by atoms with Gasteiger partial charge in [-0.05, 0) is 45.5 Å². The first-order chi connectivity index (χ1) is 9.31. The molecule has 1 rings (SSSR count). The lowest BCUT2D eigenvalue weighted by molar-refractivity contribution is 0.232. The molecule has 0 bridgehead atoms. The van der Waals surface area contributed by atoms with Crippen molar-refractivity contribution in [1.29, 1.82) is 0 Å². The average molecular weight is 298 g/mol. The van der Waals surface area contributed by atoms with Gasteiger partial charge in [0.05, 0.1) is 4.90 Å². The van der Waals surface area contributed by atoms with Crippen LogP contribution in [0.25, 0.3) is 0 Å². The summed E-state index contributed by atoms with van der Waals surface area (Å²) in [6.07, 6.45) is 0. The predicted octanol–water partition coefficient (Wildman–Crippen LogP) is 2.31. The molecule has 1 aromatic carbocycles. The highest BCUT2D eigenvalue weighted by Gasteiger charge is 2.19. The number of nitrogens with one attached hydrogen (secondary N) is 1. The largest absolute Gasteiger partial charge is 0.300 e. The van der Waals surface area contributed by atoms with Crippen LogP contribution in [0.1, 0.15) is 31.9 Å². The molecule has 1 aromatic rings. The van der Waals surface area contributed by atoms with E-state index in [1.165, 1.54) is 0 Å². The molecule has 0 heterocycles. The Hall–Kier alpha value is -0.910. The topological polar surface area (TPSA) is 49.4 Å². The fraction of sp³-hybridized carbons (Fsp3) is 0.600. The quantitative estimate of drug-likeness (QED) is 0.840. The zero-order chi connectivity index (χ0) is 15.3. The minimum Gasteiger partial charge on any atom is -0.300 e. The summed E-state index contributed by atoms with van der Waals surface area (Å²) in [7, 11) is -3.43. The summed E-state index contributed by atoms with van der Waals surface area (Å²) in [5, 5.41) is 0. The van der Waals surface area contributed by atoms with E-state index in [9.17, 15) is 8.42 Å². The molecule has 0 spiro atoms. The molecule has 114 valence electrons. The van der Waals surface area contributed by atoms with E-state index in [2.05, 4.69) is 23.5 Å². The van der Waals surface area contributed by atoms with Gasteiger partial charge in [0.2, 0.25) is 10.0 Å². The molecule has 0 aliphatic heterocycles. The van der Waals surface area contributed by atoms with Gasteiger partial charge in [0.15, 0.2) is 0 Å². The Kier molecular flexibility index (Phi) is 6.17. The van der Waals surface area contributed by atoms with Crippen LogP contribution >= 0.6 is 0 Å². The second kappa shape index (κ2) is 7.20. The number of nitrogens with zero attached hydrogens (tertiary/aromatic N) is 1. The van der Waals surface area contributed by atoms with E-state index in [0.29, 0.717) is 11.4 Å². The van der Waals surface area contributed by atoms with Crippen LogP contribution in [-0.4, -0.2) is 39.0 Å². The summed E-state index contributed by atoms with van der Waals surface area (Å²) in [4.78, 5) is 2.60. The van der Waals surface area contributed by atoms with Crippen molar-refractivity contribution >= 4 is 10.0 Å². The number of likely N-dealkylation sites (N-methyl/N-ethyl adjacent to an activating group) is 1. The van der Waals surface area contributed by atoms with Crippen molar-refractivity contribution in [3.05, 3.63) is 29.3 Å². The normalized spacial score (nSPS) is 13.7. The molecule has 4 nitrogen and oxygen atoms in total. The Morgan fingerprint density at radius 3 is 2.30 bits per heavy atom. The third-order valence-corrected chi connectivity index (χ3v) is 5.21. The monoisotopic (exact) mass is 298 g/mol. The van der Waals surface area contributed by atoms with E-state index in [-0.39, 0.29) is 6.04 Å². The van der Waals surface area contributed by atoms with E-state index < -0.39 is 10.0 Å². The summed E-state index contributed by atoms with van der Waals surface area (Å²) >= 11 is 0. The zero-order valence-corrected chi connectivity index (χ0v) is 13.9. The molecule has 1 N–H and O–H groups in total. The van der Waals surface area contributed by atoms with Crippen molar-refractivity contribution in [1.82, 2.24) is 9.62 Å². The molecule has 20 heavy (non-hydrogen) atoms. The molecule has 5 heteroatoms. The van der Waals surface area contributed by atoms with Crippen molar-refractivity contribution in [2.24, 2.45) is 0 Å². The highest BCUT2D eigenvalue weighted by Crippen LogP contribution is 2.16. The van der Waals surface area contributed by atoms with Gasteiger partial charge in [-0.3, -0.25) is 4.90 Å². The third kappa shape index (κ3) is 4.30. The van der Waals surface area contributed by atoms with E-state index >= 15 is 0 Å². The number of benzene rings is 1. The lowest BCUT2D eigenvalue weighted by atomic mass is 10.2. The van der Waals surface area contributed by atoms with E-state index in [0.717, 1.165) is 24.2 Å². The number of aryl methyl sites for hydroxylation is 2. The van der Waals surface area contributed by atoms with Gasteiger partial charge in [-0.1, -0.05) is 31.5 Å². The first-order valence-electron chi connectivity index (χ1n) is 7.12. The van der Waals surface area contributed by atoms with Gasteiger partial charge in [-0.2, -0.15) is 0 Å². The molecule has 0 amide bonds. The molecule has 1 atom stereocenters. The smallest absolute Gasteiger partial charge is 0.240 e. The summed E-state index contributed by atoms with van der Waals surface area (Å²) in [5.74, 6) is 0. The molecular weight excluding hydrogens is 272 g/mol. The highest BCUT2D eigenvalue weighted by molar-refractivity contribution is 7.89. The minimum absolute atomic E-state index is 0.186. The highest BCUT2D eigenvalue weighted by atomic mass is 32.2. The van der Waals surface area contributed by atoms with Gasteiger partial charge in [0, 0.05) is 12.6 Å². The summed E-state index contributed by atoms with van der Waals surface area (Å²) in [6, 6.07) is 5.58. The zero-order valence-electron chi connectivity index (χ0n) is 13.1. The summed E-state index contributed by atoms with van der Waals surface area (Å²) < 4.78 is 27.4. The fourth-order valence-corrected chi connectivity index (χ4v) is 3.73. The van der Waals surface area contributed by atoms with Crippen LogP contribution in [0.3, 0.4) is 0 Å². The van der Waals surface area contributed by atoms with Gasteiger partial charge in [0.25, 0.3) is 0 Å². The lowest BCUT2D eigenvalue weighted by Gasteiger charge is -2.26. The molecule has 0 radical (unpaired) electrons. The Bertz CT molecular complexity index is 537. The average Bonchev–Trinajstić information content (AvgIpc) is 2.37. The van der Waals surface area contributed by atoms with E-state index in [1.54, 1.807) is 6.07 Å². The molecule has 1 unspecified atom stereocenters. The number of sulfonamides is 1. The van der Waals surface area contributed by atoms with Crippen molar-refractivity contribution in [2.45, 2.75) is 45.6 Å². The molecular formula is C15H26N2O2S. The van der Waals surface area contributed by atoms with Crippen LogP contribution in [0.5, 0.6) is 0 Å². The maximum atomic E-state index is 12.3. The minimum atomic E-state index is -3.43. The van der Waals surface area contributed by atoms with E-state index in [4.69, 9.17) is 0 Å². The SMILES string of the molecule is CCN(CC)C(C)CNS(=O)(=O)c1ccc(C)cc1C. The summed E-state index contributed by atoms with van der Waals surface area (Å²) in [5.41, 5.74) is 1.85. The fourth-order valence-electron chi connectivity index (χ4n) is 2.38. The van der Waals surface area contributed by atoms with Gasteiger partial charge < -0.3 is 0 Å².